The van der Waals surface area contributed by atoms with Gasteiger partial charge in [0.05, 0.1) is 6.10 Å². The van der Waals surface area contributed by atoms with Crippen LogP contribution in [0.5, 0.6) is 0 Å². The summed E-state index contributed by atoms with van der Waals surface area (Å²) in [4.78, 5) is 11.6. The number of carbonyl (C=O) groups is 1. The lowest BCUT2D eigenvalue weighted by atomic mass is 9.82. The second-order valence-corrected chi connectivity index (χ2v) is 9.97. The number of aliphatic hydroxyl groups is 1. The van der Waals surface area contributed by atoms with Crippen LogP contribution in [-0.2, 0) is 24.1 Å². The second kappa shape index (κ2) is 10.0. The van der Waals surface area contributed by atoms with Crippen LogP contribution < -0.4 is 5.32 Å². The highest BCUT2D eigenvalue weighted by Crippen LogP contribution is 2.32. The average molecular weight is 430 g/mol. The Hall–Kier alpha value is -2.11. The van der Waals surface area contributed by atoms with Gasteiger partial charge in [0.25, 0.3) is 0 Å². The van der Waals surface area contributed by atoms with Gasteiger partial charge in [-0.1, -0.05) is 39.0 Å². The monoisotopic (exact) mass is 429 g/mol. The molecule has 3 nitrogen and oxygen atoms in total. The van der Waals surface area contributed by atoms with Crippen molar-refractivity contribution in [1.82, 2.24) is 5.32 Å². The highest BCUT2D eigenvalue weighted by Gasteiger charge is 2.25. The van der Waals surface area contributed by atoms with Crippen molar-refractivity contribution in [3.05, 3.63) is 70.3 Å². The first-order valence-electron chi connectivity index (χ1n) is 11.1. The predicted octanol–water partition coefficient (Wildman–Crippen LogP) is 4.94. The van der Waals surface area contributed by atoms with Crippen molar-refractivity contribution in [2.24, 2.45) is 11.3 Å². The smallest absolute Gasteiger partial charge is 0.126 e. The molecule has 31 heavy (non-hydrogen) atoms. The molecule has 0 heterocycles. The summed E-state index contributed by atoms with van der Waals surface area (Å²) < 4.78 is 26.9. The van der Waals surface area contributed by atoms with Crippen molar-refractivity contribution in [2.45, 2.75) is 65.0 Å². The minimum absolute atomic E-state index is 0.0952. The number of hydrogen-bond donors (Lipinski definition) is 2. The molecule has 5 heteroatoms. The van der Waals surface area contributed by atoms with Crippen molar-refractivity contribution >= 4 is 6.29 Å². The summed E-state index contributed by atoms with van der Waals surface area (Å²) >= 11 is 0. The number of aldehydes is 1. The van der Waals surface area contributed by atoms with E-state index in [1.54, 1.807) is 0 Å². The van der Waals surface area contributed by atoms with Crippen molar-refractivity contribution in [2.75, 3.05) is 6.54 Å². The summed E-state index contributed by atoms with van der Waals surface area (Å²) in [6, 6.07) is 10.0. The minimum Gasteiger partial charge on any atom is -0.391 e. The molecule has 3 unspecified atom stereocenters. The van der Waals surface area contributed by atoms with Gasteiger partial charge in [-0.25, -0.2) is 8.78 Å². The predicted molar refractivity (Wildman–Crippen MR) is 119 cm³/mol. The molecule has 1 aliphatic carbocycles. The molecule has 3 rings (SSSR count). The fourth-order valence-corrected chi connectivity index (χ4v) is 4.47. The highest BCUT2D eigenvalue weighted by molar-refractivity contribution is 5.55. The summed E-state index contributed by atoms with van der Waals surface area (Å²) in [6.07, 6.45) is 3.91. The fraction of sp³-hybridized carbons (Fsp3) is 0.500. The molecule has 2 aromatic carbocycles. The van der Waals surface area contributed by atoms with Gasteiger partial charge >= 0.3 is 0 Å². The second-order valence-electron chi connectivity index (χ2n) is 9.97. The Labute approximate surface area is 183 Å². The molecule has 3 atom stereocenters. The number of rotatable bonds is 8. The molecule has 0 amide bonds. The number of hydrogen-bond acceptors (Lipinski definition) is 3. The summed E-state index contributed by atoms with van der Waals surface area (Å²) in [5, 5.41) is 14.0. The van der Waals surface area contributed by atoms with Crippen LogP contribution in [0, 0.1) is 23.0 Å². The van der Waals surface area contributed by atoms with Crippen LogP contribution in [0.3, 0.4) is 0 Å². The Morgan fingerprint density at radius 2 is 1.84 bits per heavy atom. The van der Waals surface area contributed by atoms with E-state index in [0.717, 1.165) is 31.7 Å². The van der Waals surface area contributed by atoms with Gasteiger partial charge in [-0.3, -0.25) is 0 Å². The van der Waals surface area contributed by atoms with E-state index in [2.05, 4.69) is 44.3 Å². The van der Waals surface area contributed by atoms with Crippen molar-refractivity contribution in [1.29, 1.82) is 0 Å². The molecule has 0 spiro atoms. The summed E-state index contributed by atoms with van der Waals surface area (Å²) in [7, 11) is 0. The van der Waals surface area contributed by atoms with Crippen LogP contribution in [0.2, 0.25) is 0 Å². The molecule has 0 saturated heterocycles. The van der Waals surface area contributed by atoms with Crippen molar-refractivity contribution < 1.29 is 18.7 Å². The average Bonchev–Trinajstić information content (AvgIpc) is 2.68. The number of halogens is 2. The first-order chi connectivity index (χ1) is 14.6. The largest absolute Gasteiger partial charge is 0.391 e. The molecule has 0 radical (unpaired) electrons. The molecule has 2 N–H and O–H groups in total. The lowest BCUT2D eigenvalue weighted by molar-refractivity contribution is -0.114. The number of nitrogens with one attached hydrogen (secondary N) is 1. The first-order valence-corrected chi connectivity index (χ1v) is 11.1. The van der Waals surface area contributed by atoms with Gasteiger partial charge in [0.1, 0.15) is 17.9 Å². The van der Waals surface area contributed by atoms with E-state index in [0.29, 0.717) is 11.8 Å². The quantitative estimate of drug-likeness (QED) is 0.585. The number of fused-ring (bicyclic) bond motifs is 1. The van der Waals surface area contributed by atoms with Gasteiger partial charge in [-0.05, 0) is 71.9 Å². The number of aliphatic hydroxyl groups excluding tert-OH is 1. The van der Waals surface area contributed by atoms with Gasteiger partial charge in [-0.2, -0.15) is 0 Å². The molecular formula is C26H33F2NO2. The molecule has 0 fully saturated rings. The van der Waals surface area contributed by atoms with Gasteiger partial charge in [0.2, 0.25) is 0 Å². The van der Waals surface area contributed by atoms with E-state index in [9.17, 15) is 18.7 Å². The topological polar surface area (TPSA) is 49.3 Å². The molecule has 0 aromatic heterocycles. The lowest BCUT2D eigenvalue weighted by Crippen LogP contribution is -2.37. The number of aryl methyl sites for hydroxylation is 1. The van der Waals surface area contributed by atoms with Gasteiger partial charge in [0, 0.05) is 24.6 Å². The van der Waals surface area contributed by atoms with E-state index in [1.165, 1.54) is 28.8 Å². The zero-order chi connectivity index (χ0) is 22.6. The third-order valence-electron chi connectivity index (χ3n) is 5.90. The third kappa shape index (κ3) is 6.68. The van der Waals surface area contributed by atoms with Crippen LogP contribution >= 0.6 is 0 Å². The summed E-state index contributed by atoms with van der Waals surface area (Å²) in [5.74, 6) is -2.10. The number of carbonyl (C=O) groups excluding carboxylic acids is 1. The zero-order valence-electron chi connectivity index (χ0n) is 18.6. The van der Waals surface area contributed by atoms with E-state index >= 15 is 0 Å². The molecule has 0 saturated carbocycles. The van der Waals surface area contributed by atoms with E-state index < -0.39 is 23.7 Å². The zero-order valence-corrected chi connectivity index (χ0v) is 18.6. The Kier molecular flexibility index (Phi) is 7.60. The van der Waals surface area contributed by atoms with Gasteiger partial charge in [-0.15, -0.1) is 0 Å². The van der Waals surface area contributed by atoms with Crippen LogP contribution in [0.15, 0.2) is 36.4 Å². The Morgan fingerprint density at radius 1 is 1.13 bits per heavy atom. The van der Waals surface area contributed by atoms with Crippen molar-refractivity contribution in [3.8, 4) is 0 Å². The number of benzene rings is 2. The van der Waals surface area contributed by atoms with Crippen LogP contribution in [0.25, 0.3) is 0 Å². The summed E-state index contributed by atoms with van der Waals surface area (Å²) in [6.45, 7) is 6.92. The molecule has 1 aliphatic rings. The third-order valence-corrected chi connectivity index (χ3v) is 5.90. The fourth-order valence-electron chi connectivity index (χ4n) is 4.47. The molecular weight excluding hydrogens is 396 g/mol. The lowest BCUT2D eigenvalue weighted by Gasteiger charge is -2.29. The van der Waals surface area contributed by atoms with E-state index in [4.69, 9.17) is 0 Å². The molecule has 168 valence electrons. The highest BCUT2D eigenvalue weighted by atomic mass is 19.1. The Bertz CT molecular complexity index is 887. The molecule has 0 bridgehead atoms. The van der Waals surface area contributed by atoms with Crippen molar-refractivity contribution in [3.63, 3.8) is 0 Å². The standard InChI is InChI=1S/C26H33F2NO2/c1-26(2,3)14-17-7-8-19-5-4-6-24(23(19)12-17)29-15-25(31)20(16-30)9-18-10-21(27)13-22(28)11-18/h7-8,10-13,16,20,24-25,29,31H,4-6,9,14-15H2,1-3H3. The van der Waals surface area contributed by atoms with Crippen LogP contribution in [-0.4, -0.2) is 24.0 Å². The Balaban J connectivity index is 1.66. The minimum atomic E-state index is -0.938. The maximum absolute atomic E-state index is 13.4. The normalized spacial score (nSPS) is 18.3. The van der Waals surface area contributed by atoms with Crippen LogP contribution in [0.1, 0.15) is 61.9 Å². The molecule has 0 aliphatic heterocycles. The van der Waals surface area contributed by atoms with Gasteiger partial charge < -0.3 is 15.2 Å². The van der Waals surface area contributed by atoms with Crippen LogP contribution in [0.4, 0.5) is 8.78 Å². The maximum Gasteiger partial charge on any atom is 0.126 e. The Morgan fingerprint density at radius 3 is 2.48 bits per heavy atom. The van der Waals surface area contributed by atoms with Gasteiger partial charge in [0.15, 0.2) is 0 Å². The summed E-state index contributed by atoms with van der Waals surface area (Å²) in [5.41, 5.74) is 4.48. The maximum atomic E-state index is 13.4. The SMILES string of the molecule is CC(C)(C)Cc1ccc2c(c1)C(NCC(O)C(C=O)Cc1cc(F)cc(F)c1)CCC2. The first kappa shape index (κ1) is 23.6. The van der Waals surface area contributed by atoms with E-state index in [1.807, 2.05) is 0 Å². The molecule has 2 aromatic rings. The van der Waals surface area contributed by atoms with E-state index in [-0.39, 0.29) is 24.4 Å².